The van der Waals surface area contributed by atoms with Gasteiger partial charge in [0, 0.05) is 38.3 Å². The largest absolute Gasteiger partial charge is 0.343 e. The summed E-state index contributed by atoms with van der Waals surface area (Å²) in [4.78, 5) is 87.8. The molecule has 8 rings (SSSR count). The molecule has 8 unspecified atom stereocenters. The number of fused-ring (bicyclic) bond motifs is 2. The molecule has 6 amide bonds. The van der Waals surface area contributed by atoms with E-state index in [-0.39, 0.29) is 62.3 Å². The Morgan fingerprint density at radius 1 is 0.500 bits per heavy atom. The van der Waals surface area contributed by atoms with Gasteiger partial charge >= 0.3 is 0 Å². The smallest absolute Gasteiger partial charge is 0.247 e. The first-order valence-electron chi connectivity index (χ1n) is 29.4. The predicted molar refractivity (Wildman–Crippen MR) is 322 cm³/mol. The summed E-state index contributed by atoms with van der Waals surface area (Å²) >= 11 is 0. The Labute approximate surface area is 495 Å². The van der Waals surface area contributed by atoms with Crippen molar-refractivity contribution < 1.29 is 45.6 Å². The second kappa shape index (κ2) is 29.3. The minimum Gasteiger partial charge on any atom is -0.343 e. The number of nitrogens with one attached hydrogen (secondary N) is 6. The SMILES string of the molecule is CNC(C)C(=O)NC1CN(S(=O)(=O)CCCC=CCCCS(=O)(=O)N2CCC3CCC(C(=O)NC(c4ccccc4)c4ccccc4)N3C(=O)C(NC(=O)C(C)NC)C2)CCC2CCC(C(=O)NC(c3ccccc3)c3ccccc3)N2C1=O. The molecule has 0 saturated carbocycles. The molecule has 22 heteroatoms. The van der Waals surface area contributed by atoms with Gasteiger partial charge in [-0.05, 0) is 114 Å². The topological polar surface area (TPSA) is 256 Å². The maximum atomic E-state index is 14.7. The maximum absolute atomic E-state index is 14.7. The number of nitrogens with zero attached hydrogens (tertiary/aromatic N) is 4. The van der Waals surface area contributed by atoms with Crippen molar-refractivity contribution in [2.75, 3.05) is 51.8 Å². The normalized spacial score (nSPS) is 22.5. The van der Waals surface area contributed by atoms with Crippen LogP contribution in [0, 0.1) is 0 Å². The second-order valence-corrected chi connectivity index (χ2v) is 26.5. The number of carbonyl (C=O) groups is 6. The number of rotatable bonds is 24. The third-order valence-corrected chi connectivity index (χ3v) is 20.6. The fourth-order valence-corrected chi connectivity index (χ4v) is 14.9. The van der Waals surface area contributed by atoms with E-state index in [0.29, 0.717) is 51.4 Å². The first-order chi connectivity index (χ1) is 40.4. The standard InChI is InChI=1S/C62H82N10O10S2/c1-43(63-3)57(73)65-51-41-69(37-35-49-31-33-53(71(49)61(51)77)59(75)67-55(45-23-13-9-14-24-45)46-25-15-10-16-26-46)83(79,80)39-21-7-5-6-8-22-40-84(81,82)70-38-36-50-32-34-54(72(50)62(78)52(42-70)66-58(74)44(2)64-4)60(76)68-56(47-27-17-11-18-28-47)48-29-19-12-20-30-48/h5-6,9-20,23-30,43-44,49-56,63-64H,7-8,21-22,31-42H2,1-4H3,(H,65,73)(H,66,74)(H,67,75)(H,68,76). The average molecular weight is 1190 g/mol. The zero-order valence-electron chi connectivity index (χ0n) is 48.5. The van der Waals surface area contributed by atoms with Gasteiger partial charge in [-0.25, -0.2) is 16.8 Å². The second-order valence-electron chi connectivity index (χ2n) is 22.3. The van der Waals surface area contributed by atoms with E-state index in [1.807, 2.05) is 133 Å². The molecule has 0 aromatic heterocycles. The molecule has 4 heterocycles. The highest BCUT2D eigenvalue weighted by molar-refractivity contribution is 7.89. The fraction of sp³-hybridized carbons (Fsp3) is 0.484. The monoisotopic (exact) mass is 1190 g/mol. The molecule has 4 aliphatic rings. The molecule has 0 radical (unpaired) electrons. The summed E-state index contributed by atoms with van der Waals surface area (Å²) in [6, 6.07) is 30.8. The number of benzene rings is 4. The number of unbranched alkanes of at least 4 members (excludes halogenated alkanes) is 2. The van der Waals surface area contributed by atoms with Crippen LogP contribution in [-0.4, -0.2) is 171 Å². The molecule has 4 saturated heterocycles. The van der Waals surface area contributed by atoms with Crippen LogP contribution in [0.1, 0.15) is 112 Å². The molecule has 4 aromatic carbocycles. The van der Waals surface area contributed by atoms with Gasteiger partial charge < -0.3 is 41.7 Å². The Morgan fingerprint density at radius 2 is 0.821 bits per heavy atom. The van der Waals surface area contributed by atoms with Crippen molar-refractivity contribution in [3.63, 3.8) is 0 Å². The van der Waals surface area contributed by atoms with Gasteiger partial charge in [-0.15, -0.1) is 0 Å². The number of allylic oxidation sites excluding steroid dienone is 2. The van der Waals surface area contributed by atoms with Crippen molar-refractivity contribution in [3.8, 4) is 0 Å². The van der Waals surface area contributed by atoms with Crippen molar-refractivity contribution in [1.82, 2.24) is 50.3 Å². The van der Waals surface area contributed by atoms with E-state index >= 15 is 0 Å². The van der Waals surface area contributed by atoms with Crippen LogP contribution in [0.5, 0.6) is 0 Å². The molecule has 0 bridgehead atoms. The molecule has 8 atom stereocenters. The first kappa shape index (κ1) is 63.2. The third kappa shape index (κ3) is 15.7. The van der Waals surface area contributed by atoms with Gasteiger partial charge in [0.05, 0.1) is 35.7 Å². The molecule has 0 aliphatic carbocycles. The lowest BCUT2D eigenvalue weighted by Gasteiger charge is -2.38. The van der Waals surface area contributed by atoms with Crippen LogP contribution in [-0.2, 0) is 48.8 Å². The number of hydrogen-bond donors (Lipinski definition) is 6. The molecule has 20 nitrogen and oxygen atoms in total. The molecule has 84 heavy (non-hydrogen) atoms. The third-order valence-electron chi connectivity index (χ3n) is 16.8. The van der Waals surface area contributed by atoms with Crippen molar-refractivity contribution in [2.45, 2.75) is 138 Å². The van der Waals surface area contributed by atoms with E-state index in [1.54, 1.807) is 37.7 Å². The number of amides is 6. The summed E-state index contributed by atoms with van der Waals surface area (Å²) in [7, 11) is -4.69. The lowest BCUT2D eigenvalue weighted by atomic mass is 9.98. The predicted octanol–water partition coefficient (Wildman–Crippen LogP) is 3.89. The first-order valence-corrected chi connectivity index (χ1v) is 32.6. The summed E-state index contributed by atoms with van der Waals surface area (Å²) in [6.45, 7) is 2.80. The van der Waals surface area contributed by atoms with E-state index < -0.39 is 104 Å². The summed E-state index contributed by atoms with van der Waals surface area (Å²) in [5.74, 6) is -3.18. The zero-order valence-corrected chi connectivity index (χ0v) is 50.1. The van der Waals surface area contributed by atoms with Crippen molar-refractivity contribution in [2.24, 2.45) is 0 Å². The van der Waals surface area contributed by atoms with Crippen LogP contribution in [0.3, 0.4) is 0 Å². The Balaban J connectivity index is 0.860. The Kier molecular flexibility index (Phi) is 22.1. The van der Waals surface area contributed by atoms with Crippen molar-refractivity contribution in [3.05, 3.63) is 156 Å². The maximum Gasteiger partial charge on any atom is 0.247 e. The van der Waals surface area contributed by atoms with Gasteiger partial charge in [-0.2, -0.15) is 8.61 Å². The van der Waals surface area contributed by atoms with E-state index in [1.165, 1.54) is 8.61 Å². The van der Waals surface area contributed by atoms with E-state index in [9.17, 15) is 45.6 Å². The molecule has 6 N–H and O–H groups in total. The quantitative estimate of drug-likeness (QED) is 0.0432. The summed E-state index contributed by atoms with van der Waals surface area (Å²) in [5, 5.41) is 17.7. The molecule has 0 spiro atoms. The van der Waals surface area contributed by atoms with Gasteiger partial charge in [-0.1, -0.05) is 133 Å². The van der Waals surface area contributed by atoms with Crippen LogP contribution < -0.4 is 31.9 Å². The Bertz CT molecular complexity index is 2860. The van der Waals surface area contributed by atoms with E-state index in [2.05, 4.69) is 31.9 Å². The van der Waals surface area contributed by atoms with Crippen LogP contribution in [0.25, 0.3) is 0 Å². The highest BCUT2D eigenvalue weighted by Crippen LogP contribution is 2.34. The number of carbonyl (C=O) groups excluding carboxylic acids is 6. The van der Waals surface area contributed by atoms with Gasteiger partial charge in [0.1, 0.15) is 24.2 Å². The summed E-state index contributed by atoms with van der Waals surface area (Å²) in [6.07, 6.45) is 7.11. The molecule has 4 aromatic rings. The molecule has 4 aliphatic heterocycles. The van der Waals surface area contributed by atoms with Gasteiger partial charge in [0.2, 0.25) is 55.5 Å². The highest BCUT2D eigenvalue weighted by Gasteiger charge is 2.48. The zero-order chi connectivity index (χ0) is 60.0. The fourth-order valence-electron chi connectivity index (χ4n) is 11.8. The number of sulfonamides is 2. The van der Waals surface area contributed by atoms with E-state index in [0.717, 1.165) is 22.3 Å². The number of likely N-dealkylation sites (N-methyl/N-ethyl adjacent to an activating group) is 2. The molecular weight excluding hydrogens is 1110 g/mol. The molecule has 452 valence electrons. The van der Waals surface area contributed by atoms with Crippen LogP contribution in [0.15, 0.2) is 133 Å². The summed E-state index contributed by atoms with van der Waals surface area (Å²) in [5.41, 5.74) is 3.48. The Hall–Kier alpha value is -6.82. The average Bonchev–Trinajstić information content (AvgIpc) is 3.64. The Morgan fingerprint density at radius 3 is 1.13 bits per heavy atom. The number of hydrogen-bond acceptors (Lipinski definition) is 12. The minimum absolute atomic E-state index is 0.0781. The van der Waals surface area contributed by atoms with Crippen LogP contribution in [0.4, 0.5) is 0 Å². The molecular formula is C62H82N10O10S2. The highest BCUT2D eigenvalue weighted by atomic mass is 32.2. The lowest BCUT2D eigenvalue weighted by molar-refractivity contribution is -0.144. The van der Waals surface area contributed by atoms with Gasteiger partial charge in [-0.3, -0.25) is 28.8 Å². The van der Waals surface area contributed by atoms with Crippen LogP contribution in [0.2, 0.25) is 0 Å². The van der Waals surface area contributed by atoms with Gasteiger partial charge in [0.15, 0.2) is 0 Å². The van der Waals surface area contributed by atoms with Crippen LogP contribution >= 0.6 is 0 Å². The van der Waals surface area contributed by atoms with Crippen molar-refractivity contribution >= 4 is 55.5 Å². The molecule has 4 fully saturated rings. The summed E-state index contributed by atoms with van der Waals surface area (Å²) < 4.78 is 59.0. The van der Waals surface area contributed by atoms with Crippen molar-refractivity contribution in [1.29, 1.82) is 0 Å². The lowest BCUT2D eigenvalue weighted by Crippen LogP contribution is -2.62. The van der Waals surface area contributed by atoms with Gasteiger partial charge in [0.25, 0.3) is 0 Å². The minimum atomic E-state index is -3.95. The van der Waals surface area contributed by atoms with E-state index in [4.69, 9.17) is 0 Å².